The van der Waals surface area contributed by atoms with Gasteiger partial charge in [0.25, 0.3) is 0 Å². The molecule has 3 aromatic rings. The van der Waals surface area contributed by atoms with Gasteiger partial charge in [0, 0.05) is 25.7 Å². The molecule has 0 unspecified atom stereocenters. The summed E-state index contributed by atoms with van der Waals surface area (Å²) in [6, 6.07) is 14.4. The summed E-state index contributed by atoms with van der Waals surface area (Å²) in [7, 11) is -0.714. The van der Waals surface area contributed by atoms with Gasteiger partial charge in [-0.1, -0.05) is 48.5 Å². The molecule has 1 heterocycles. The zero-order chi connectivity index (χ0) is 27.0. The van der Waals surface area contributed by atoms with Crippen LogP contribution in [0.1, 0.15) is 39.3 Å². The summed E-state index contributed by atoms with van der Waals surface area (Å²) >= 11 is 0. The molecule has 0 atom stereocenters. The van der Waals surface area contributed by atoms with Crippen LogP contribution in [0.25, 0.3) is 0 Å². The highest BCUT2D eigenvalue weighted by molar-refractivity contribution is 6.45. The van der Waals surface area contributed by atoms with Crippen LogP contribution in [-0.4, -0.2) is 51.0 Å². The number of halogens is 3. The van der Waals surface area contributed by atoms with E-state index in [1.54, 1.807) is 35.9 Å². The zero-order valence-corrected chi connectivity index (χ0v) is 20.6. The minimum atomic E-state index is -4.59. The lowest BCUT2D eigenvalue weighted by Crippen LogP contribution is -2.38. The van der Waals surface area contributed by atoms with Crippen molar-refractivity contribution >= 4 is 13.0 Å². The summed E-state index contributed by atoms with van der Waals surface area (Å²) < 4.78 is 41.0. The summed E-state index contributed by atoms with van der Waals surface area (Å²) in [5.74, 6) is -0.238. The third-order valence-corrected chi connectivity index (χ3v) is 6.02. The first kappa shape index (κ1) is 28.3. The third-order valence-electron chi connectivity index (χ3n) is 6.02. The molecule has 0 saturated heterocycles. The predicted octanol–water partition coefficient (Wildman–Crippen LogP) is 2.80. The number of nitrogens with two attached hydrogens (primary N) is 1. The van der Waals surface area contributed by atoms with Crippen LogP contribution in [-0.2, 0) is 43.2 Å². The van der Waals surface area contributed by atoms with Crippen LogP contribution in [0.15, 0.2) is 54.7 Å². The van der Waals surface area contributed by atoms with Crippen molar-refractivity contribution in [1.29, 1.82) is 0 Å². The first-order valence-electron chi connectivity index (χ1n) is 11.9. The van der Waals surface area contributed by atoms with Crippen LogP contribution in [0.5, 0.6) is 0 Å². The van der Waals surface area contributed by atoms with Crippen LogP contribution in [0.4, 0.5) is 13.2 Å². The van der Waals surface area contributed by atoms with Crippen molar-refractivity contribution in [2.45, 2.75) is 45.2 Å². The number of benzene rings is 2. The monoisotopic (exact) mass is 514 g/mol. The molecule has 0 aliphatic heterocycles. The molecule has 37 heavy (non-hydrogen) atoms. The number of aromatic nitrogens is 2. The number of aliphatic hydroxyl groups excluding tert-OH is 1. The number of carbonyl (C=O) groups is 1. The lowest BCUT2D eigenvalue weighted by atomic mass is 9.84. The van der Waals surface area contributed by atoms with Gasteiger partial charge in [0.2, 0.25) is 5.91 Å². The van der Waals surface area contributed by atoms with Crippen LogP contribution < -0.4 is 5.73 Å². The molecule has 1 amide bonds. The Bertz CT molecular complexity index is 1190. The van der Waals surface area contributed by atoms with Crippen molar-refractivity contribution < 1.29 is 28.1 Å². The van der Waals surface area contributed by atoms with Gasteiger partial charge in [-0.15, -0.1) is 0 Å². The topological polar surface area (TPSA) is 113 Å². The van der Waals surface area contributed by atoms with Crippen molar-refractivity contribution in [2.75, 3.05) is 13.2 Å². The predicted molar refractivity (Wildman–Crippen MR) is 134 cm³/mol. The fourth-order valence-corrected chi connectivity index (χ4v) is 4.09. The van der Waals surface area contributed by atoms with E-state index < -0.39 is 24.7 Å². The van der Waals surface area contributed by atoms with Crippen LogP contribution in [0.2, 0.25) is 6.82 Å². The molecule has 0 spiro atoms. The van der Waals surface area contributed by atoms with Crippen molar-refractivity contribution in [2.24, 2.45) is 5.73 Å². The zero-order valence-electron chi connectivity index (χ0n) is 20.6. The van der Waals surface area contributed by atoms with E-state index in [2.05, 4.69) is 9.97 Å². The van der Waals surface area contributed by atoms with Crippen molar-refractivity contribution in [3.05, 3.63) is 94.1 Å². The molecular formula is C26H30BF3N4O3. The van der Waals surface area contributed by atoms with E-state index in [1.807, 2.05) is 24.3 Å². The summed E-state index contributed by atoms with van der Waals surface area (Å²) in [4.78, 5) is 21.3. The van der Waals surface area contributed by atoms with Crippen LogP contribution in [0, 0.1) is 0 Å². The van der Waals surface area contributed by atoms with E-state index in [0.29, 0.717) is 18.7 Å². The molecule has 0 bridgehead atoms. The van der Waals surface area contributed by atoms with Crippen LogP contribution >= 0.6 is 0 Å². The highest BCUT2D eigenvalue weighted by Gasteiger charge is 2.34. The molecule has 1 aromatic heterocycles. The van der Waals surface area contributed by atoms with E-state index in [-0.39, 0.29) is 43.8 Å². The van der Waals surface area contributed by atoms with Crippen molar-refractivity contribution in [3.8, 4) is 0 Å². The van der Waals surface area contributed by atoms with Gasteiger partial charge in [0.1, 0.15) is 5.82 Å². The largest absolute Gasteiger partial charge is 0.437 e. The Morgan fingerprint density at radius 1 is 1.05 bits per heavy atom. The average molecular weight is 514 g/mol. The maximum atomic E-state index is 13.7. The van der Waals surface area contributed by atoms with E-state index in [1.165, 1.54) is 0 Å². The van der Waals surface area contributed by atoms with E-state index >= 15 is 0 Å². The number of carbonyl (C=O) groups excluding carboxylic acids is 1. The highest BCUT2D eigenvalue weighted by atomic mass is 19.4. The number of hydrogen-bond acceptors (Lipinski definition) is 6. The molecule has 0 fully saturated rings. The Morgan fingerprint density at radius 3 is 2.30 bits per heavy atom. The van der Waals surface area contributed by atoms with Gasteiger partial charge in [0.15, 0.2) is 0 Å². The fourth-order valence-electron chi connectivity index (χ4n) is 4.09. The third kappa shape index (κ3) is 8.38. The Kier molecular flexibility index (Phi) is 9.79. The number of aliphatic hydroxyl groups is 1. The molecule has 0 saturated carbocycles. The number of alkyl halides is 3. The Balaban J connectivity index is 1.77. The lowest BCUT2D eigenvalue weighted by Gasteiger charge is -2.22. The van der Waals surface area contributed by atoms with Crippen molar-refractivity contribution in [1.82, 2.24) is 14.8 Å². The quantitative estimate of drug-likeness (QED) is 0.321. The molecule has 3 rings (SSSR count). The number of hydrogen-bond donors (Lipinski definition) is 3. The van der Waals surface area contributed by atoms with Gasteiger partial charge in [0.05, 0.1) is 24.3 Å². The maximum absolute atomic E-state index is 13.7. The molecule has 0 radical (unpaired) electrons. The summed E-state index contributed by atoms with van der Waals surface area (Å²) in [6.07, 6.45) is -3.20. The average Bonchev–Trinajstić information content (AvgIpc) is 2.83. The van der Waals surface area contributed by atoms with Crippen LogP contribution in [0.3, 0.4) is 0 Å². The second-order valence-electron chi connectivity index (χ2n) is 8.88. The summed E-state index contributed by atoms with van der Waals surface area (Å²) in [5.41, 5.74) is 7.51. The SMILES string of the molecule is CB(O)N(CCO)Cc1ccc(Cc2ncc(C(F)(F)F)c(CCc3ccccc3CC(N)=O)n2)cc1. The minimum absolute atomic E-state index is 0.0162. The molecule has 7 nitrogen and oxygen atoms in total. The number of nitrogens with zero attached hydrogens (tertiary/aromatic N) is 3. The summed E-state index contributed by atoms with van der Waals surface area (Å²) in [5, 5.41) is 19.0. The van der Waals surface area contributed by atoms with Gasteiger partial charge < -0.3 is 20.7 Å². The smallest absolute Gasteiger partial charge is 0.419 e. The number of amides is 1. The lowest BCUT2D eigenvalue weighted by molar-refractivity contribution is -0.138. The van der Waals surface area contributed by atoms with E-state index in [9.17, 15) is 23.0 Å². The molecule has 11 heteroatoms. The second kappa shape index (κ2) is 12.8. The van der Waals surface area contributed by atoms with Gasteiger partial charge in [-0.25, -0.2) is 9.97 Å². The van der Waals surface area contributed by atoms with E-state index in [0.717, 1.165) is 22.9 Å². The Labute approximate surface area is 214 Å². The normalized spacial score (nSPS) is 11.6. The van der Waals surface area contributed by atoms with Gasteiger partial charge >= 0.3 is 13.2 Å². The molecular weight excluding hydrogens is 484 g/mol. The number of primary amides is 1. The summed E-state index contributed by atoms with van der Waals surface area (Å²) in [6.45, 7) is 2.32. The fraction of sp³-hybridized carbons (Fsp3) is 0.346. The van der Waals surface area contributed by atoms with Gasteiger partial charge in [-0.2, -0.15) is 13.2 Å². The first-order chi connectivity index (χ1) is 17.6. The number of rotatable bonds is 12. The molecule has 0 aliphatic carbocycles. The first-order valence-corrected chi connectivity index (χ1v) is 11.9. The minimum Gasteiger partial charge on any atom is -0.437 e. The van der Waals surface area contributed by atoms with Crippen molar-refractivity contribution in [3.63, 3.8) is 0 Å². The Hall–Kier alpha value is -3.28. The van der Waals surface area contributed by atoms with Gasteiger partial charge in [-0.05, 0) is 41.9 Å². The molecule has 0 aliphatic rings. The van der Waals surface area contributed by atoms with E-state index in [4.69, 9.17) is 10.8 Å². The maximum Gasteiger partial charge on any atom is 0.419 e. The second-order valence-corrected chi connectivity index (χ2v) is 8.88. The molecule has 2 aromatic carbocycles. The number of aryl methyl sites for hydroxylation is 2. The van der Waals surface area contributed by atoms with Gasteiger partial charge in [-0.3, -0.25) is 4.79 Å². The molecule has 196 valence electrons. The highest BCUT2D eigenvalue weighted by Crippen LogP contribution is 2.31. The molecule has 4 N–H and O–H groups in total. The standard InChI is InChI=1S/C26H30BF3N4O3/c1-27(37)34(12-13-35)17-19-8-6-18(7-9-19)14-25-32-16-22(26(28,29)30)23(33-25)11-10-20-4-2-3-5-21(20)15-24(31)36/h2-9,16,35,37H,10-15,17H2,1H3,(H2,31,36). The Morgan fingerprint density at radius 2 is 1.70 bits per heavy atom.